The van der Waals surface area contributed by atoms with Gasteiger partial charge in [0.25, 0.3) is 0 Å². The Morgan fingerprint density at radius 1 is 1.53 bits per heavy atom. The van der Waals surface area contributed by atoms with Gasteiger partial charge in [0.05, 0.1) is 0 Å². The lowest BCUT2D eigenvalue weighted by Crippen LogP contribution is -2.18. The molecule has 1 amide bonds. The lowest BCUT2D eigenvalue weighted by molar-refractivity contribution is -0.118. The molecule has 4 heteroatoms. The van der Waals surface area contributed by atoms with Gasteiger partial charge in [-0.15, -0.1) is 0 Å². The van der Waals surface area contributed by atoms with Crippen molar-refractivity contribution in [1.29, 1.82) is 0 Å². The molecule has 1 heterocycles. The third kappa shape index (κ3) is 3.58. The SMILES string of the molecule is CCNc1ccnc(NC(=O)C(C)C)c1. The number of nitrogens with zero attached hydrogens (tertiary/aromatic N) is 1. The van der Waals surface area contributed by atoms with Gasteiger partial charge < -0.3 is 10.6 Å². The fraction of sp³-hybridized carbons (Fsp3) is 0.455. The maximum absolute atomic E-state index is 11.4. The van der Waals surface area contributed by atoms with Crippen molar-refractivity contribution >= 4 is 17.4 Å². The summed E-state index contributed by atoms with van der Waals surface area (Å²) >= 11 is 0. The van der Waals surface area contributed by atoms with Gasteiger partial charge >= 0.3 is 0 Å². The number of amides is 1. The van der Waals surface area contributed by atoms with Gasteiger partial charge in [-0.2, -0.15) is 0 Å². The summed E-state index contributed by atoms with van der Waals surface area (Å²) in [5, 5.41) is 5.91. The Kier molecular flexibility index (Phi) is 4.09. The number of pyridine rings is 1. The number of carbonyl (C=O) groups is 1. The molecule has 1 rings (SSSR count). The van der Waals surface area contributed by atoms with Crippen LogP contribution in [0.15, 0.2) is 18.3 Å². The number of hydrogen-bond acceptors (Lipinski definition) is 3. The lowest BCUT2D eigenvalue weighted by Gasteiger charge is -2.08. The monoisotopic (exact) mass is 207 g/mol. The molecule has 0 unspecified atom stereocenters. The van der Waals surface area contributed by atoms with Crippen molar-refractivity contribution in [3.63, 3.8) is 0 Å². The highest BCUT2D eigenvalue weighted by Gasteiger charge is 2.07. The highest BCUT2D eigenvalue weighted by Crippen LogP contribution is 2.12. The second-order valence-electron chi connectivity index (χ2n) is 3.60. The highest BCUT2D eigenvalue weighted by atomic mass is 16.1. The average molecular weight is 207 g/mol. The summed E-state index contributed by atoms with van der Waals surface area (Å²) in [6.07, 6.45) is 1.67. The molecule has 0 saturated heterocycles. The molecule has 1 aromatic heterocycles. The maximum Gasteiger partial charge on any atom is 0.228 e. The predicted octanol–water partition coefficient (Wildman–Crippen LogP) is 2.11. The van der Waals surface area contributed by atoms with E-state index in [4.69, 9.17) is 0 Å². The molecule has 15 heavy (non-hydrogen) atoms. The quantitative estimate of drug-likeness (QED) is 0.795. The minimum Gasteiger partial charge on any atom is -0.385 e. The molecule has 82 valence electrons. The topological polar surface area (TPSA) is 54.0 Å². The summed E-state index contributed by atoms with van der Waals surface area (Å²) in [6, 6.07) is 3.69. The van der Waals surface area contributed by atoms with E-state index >= 15 is 0 Å². The largest absolute Gasteiger partial charge is 0.385 e. The zero-order chi connectivity index (χ0) is 11.3. The molecule has 0 aliphatic carbocycles. The Morgan fingerprint density at radius 2 is 2.27 bits per heavy atom. The van der Waals surface area contributed by atoms with Gasteiger partial charge in [-0.3, -0.25) is 4.79 Å². The van der Waals surface area contributed by atoms with Crippen LogP contribution in [0, 0.1) is 5.92 Å². The van der Waals surface area contributed by atoms with Crippen LogP contribution in [0.4, 0.5) is 11.5 Å². The summed E-state index contributed by atoms with van der Waals surface area (Å²) in [5.74, 6) is 0.540. The Bertz CT molecular complexity index is 336. The molecule has 0 aliphatic heterocycles. The summed E-state index contributed by atoms with van der Waals surface area (Å²) in [6.45, 7) is 6.57. The molecular formula is C11H17N3O. The van der Waals surface area contributed by atoms with Crippen LogP contribution in [-0.2, 0) is 4.79 Å². The van der Waals surface area contributed by atoms with Crippen LogP contribution >= 0.6 is 0 Å². The van der Waals surface area contributed by atoms with Crippen LogP contribution in [0.1, 0.15) is 20.8 Å². The van der Waals surface area contributed by atoms with Crippen molar-refractivity contribution in [2.45, 2.75) is 20.8 Å². The first-order valence-corrected chi connectivity index (χ1v) is 5.14. The van der Waals surface area contributed by atoms with Gasteiger partial charge in [-0.1, -0.05) is 13.8 Å². The van der Waals surface area contributed by atoms with Crippen LogP contribution in [-0.4, -0.2) is 17.4 Å². The molecule has 0 spiro atoms. The highest BCUT2D eigenvalue weighted by molar-refractivity contribution is 5.91. The second-order valence-corrected chi connectivity index (χ2v) is 3.60. The molecular weight excluding hydrogens is 190 g/mol. The van der Waals surface area contributed by atoms with Crippen molar-refractivity contribution in [2.75, 3.05) is 17.2 Å². The minimum atomic E-state index is -0.0328. The molecule has 0 bridgehead atoms. The fourth-order valence-corrected chi connectivity index (χ4v) is 1.08. The molecule has 0 radical (unpaired) electrons. The Hall–Kier alpha value is -1.58. The zero-order valence-electron chi connectivity index (χ0n) is 9.37. The summed E-state index contributed by atoms with van der Waals surface area (Å²) in [7, 11) is 0. The minimum absolute atomic E-state index is 0.0175. The van der Waals surface area contributed by atoms with Crippen molar-refractivity contribution < 1.29 is 4.79 Å². The van der Waals surface area contributed by atoms with Gasteiger partial charge in [0.1, 0.15) is 5.82 Å². The van der Waals surface area contributed by atoms with Crippen LogP contribution < -0.4 is 10.6 Å². The number of anilines is 2. The van der Waals surface area contributed by atoms with Crippen LogP contribution in [0.3, 0.4) is 0 Å². The molecule has 0 atom stereocenters. The molecule has 0 fully saturated rings. The van der Waals surface area contributed by atoms with Crippen molar-refractivity contribution in [2.24, 2.45) is 5.92 Å². The third-order valence-electron chi connectivity index (χ3n) is 1.92. The number of carbonyl (C=O) groups excluding carboxylic acids is 1. The summed E-state index contributed by atoms with van der Waals surface area (Å²) in [5.41, 5.74) is 0.964. The number of nitrogens with one attached hydrogen (secondary N) is 2. The van der Waals surface area contributed by atoms with E-state index < -0.39 is 0 Å². The van der Waals surface area contributed by atoms with Crippen molar-refractivity contribution in [1.82, 2.24) is 4.98 Å². The molecule has 0 aliphatic rings. The van der Waals surface area contributed by atoms with Gasteiger partial charge in [-0.25, -0.2) is 4.98 Å². The lowest BCUT2D eigenvalue weighted by atomic mass is 10.2. The van der Waals surface area contributed by atoms with Crippen molar-refractivity contribution in [3.8, 4) is 0 Å². The predicted molar refractivity (Wildman–Crippen MR) is 61.9 cm³/mol. The summed E-state index contributed by atoms with van der Waals surface area (Å²) < 4.78 is 0. The molecule has 0 saturated carbocycles. The fourth-order valence-electron chi connectivity index (χ4n) is 1.08. The Balaban J connectivity index is 2.69. The molecule has 0 aromatic carbocycles. The van der Waals surface area contributed by atoms with Gasteiger partial charge in [-0.05, 0) is 13.0 Å². The first kappa shape index (κ1) is 11.5. The second kappa shape index (κ2) is 5.34. The number of hydrogen-bond donors (Lipinski definition) is 2. The molecule has 1 aromatic rings. The van der Waals surface area contributed by atoms with E-state index in [2.05, 4.69) is 15.6 Å². The number of aromatic nitrogens is 1. The van der Waals surface area contributed by atoms with E-state index in [0.29, 0.717) is 5.82 Å². The first-order valence-electron chi connectivity index (χ1n) is 5.14. The number of rotatable bonds is 4. The van der Waals surface area contributed by atoms with Crippen molar-refractivity contribution in [3.05, 3.63) is 18.3 Å². The van der Waals surface area contributed by atoms with Crippen LogP contribution in [0.5, 0.6) is 0 Å². The average Bonchev–Trinajstić information content (AvgIpc) is 2.18. The third-order valence-corrected chi connectivity index (χ3v) is 1.92. The van der Waals surface area contributed by atoms with Gasteiger partial charge in [0.2, 0.25) is 5.91 Å². The first-order chi connectivity index (χ1) is 7.13. The smallest absolute Gasteiger partial charge is 0.228 e. The zero-order valence-corrected chi connectivity index (χ0v) is 9.37. The Labute approximate surface area is 90.1 Å². The van der Waals surface area contributed by atoms with Gasteiger partial charge in [0, 0.05) is 30.4 Å². The summed E-state index contributed by atoms with van der Waals surface area (Å²) in [4.78, 5) is 15.5. The standard InChI is InChI=1S/C11H17N3O/c1-4-12-9-5-6-13-10(7-9)14-11(15)8(2)3/h5-8H,4H2,1-3H3,(H2,12,13,14,15). The van der Waals surface area contributed by atoms with E-state index in [-0.39, 0.29) is 11.8 Å². The van der Waals surface area contributed by atoms with Gasteiger partial charge in [0.15, 0.2) is 0 Å². The van der Waals surface area contributed by atoms with E-state index in [1.807, 2.05) is 32.9 Å². The Morgan fingerprint density at radius 3 is 2.87 bits per heavy atom. The van der Waals surface area contributed by atoms with E-state index in [9.17, 15) is 4.79 Å². The molecule has 4 nitrogen and oxygen atoms in total. The maximum atomic E-state index is 11.4. The molecule has 2 N–H and O–H groups in total. The van der Waals surface area contributed by atoms with E-state index in [1.54, 1.807) is 6.20 Å². The van der Waals surface area contributed by atoms with E-state index in [0.717, 1.165) is 12.2 Å². The van der Waals surface area contributed by atoms with E-state index in [1.165, 1.54) is 0 Å². The normalized spacial score (nSPS) is 10.1. The van der Waals surface area contributed by atoms with Crippen LogP contribution in [0.25, 0.3) is 0 Å². The van der Waals surface area contributed by atoms with Crippen LogP contribution in [0.2, 0.25) is 0 Å².